The van der Waals surface area contributed by atoms with Crippen LogP contribution in [0.2, 0.25) is 0 Å². The average molecular weight is 264 g/mol. The second kappa shape index (κ2) is 5.18. The molecule has 0 amide bonds. The first-order valence-electron chi connectivity index (χ1n) is 5.26. The second-order valence-electron chi connectivity index (χ2n) is 3.70. The molecule has 18 heavy (non-hydrogen) atoms. The van der Waals surface area contributed by atoms with Gasteiger partial charge in [0.05, 0.1) is 5.69 Å². The van der Waals surface area contributed by atoms with Crippen molar-refractivity contribution in [1.29, 1.82) is 0 Å². The molecule has 0 unspecified atom stereocenters. The van der Waals surface area contributed by atoms with Gasteiger partial charge in [0.25, 0.3) is 0 Å². The zero-order chi connectivity index (χ0) is 13.1. The van der Waals surface area contributed by atoms with Gasteiger partial charge in [-0.3, -0.25) is 0 Å². The molecule has 2 aromatic heterocycles. The maximum atomic E-state index is 10.8. The first kappa shape index (κ1) is 12.6. The molecule has 2 heterocycles. The Hall–Kier alpha value is -1.89. The molecule has 1 N–H and O–H groups in total. The highest BCUT2D eigenvalue weighted by atomic mass is 32.2. The van der Waals surface area contributed by atoms with Crippen molar-refractivity contribution in [3.63, 3.8) is 0 Å². The Morgan fingerprint density at radius 2 is 2.22 bits per heavy atom. The van der Waals surface area contributed by atoms with Gasteiger partial charge in [-0.2, -0.15) is 0 Å². The predicted molar refractivity (Wildman–Crippen MR) is 66.5 cm³/mol. The molecule has 0 saturated carbocycles. The van der Waals surface area contributed by atoms with E-state index >= 15 is 0 Å². The van der Waals surface area contributed by atoms with E-state index in [4.69, 9.17) is 5.11 Å². The van der Waals surface area contributed by atoms with Crippen LogP contribution in [0.4, 0.5) is 0 Å². The lowest BCUT2D eigenvalue weighted by Gasteiger charge is -2.02. The minimum absolute atomic E-state index is 0.0576. The first-order valence-corrected chi connectivity index (χ1v) is 6.24. The van der Waals surface area contributed by atoms with Crippen LogP contribution in [0.5, 0.6) is 0 Å². The summed E-state index contributed by atoms with van der Waals surface area (Å²) in [5, 5.41) is 17.6. The third-order valence-electron chi connectivity index (χ3n) is 2.43. The van der Waals surface area contributed by atoms with Crippen molar-refractivity contribution in [1.82, 2.24) is 19.7 Å². The molecule has 0 fully saturated rings. The fraction of sp³-hybridized carbons (Fsp3) is 0.273. The Bertz CT molecular complexity index is 582. The molecule has 0 bridgehead atoms. The number of thioether (sulfide) groups is 1. The summed E-state index contributed by atoms with van der Waals surface area (Å²) in [5.74, 6) is 0.383. The van der Waals surface area contributed by atoms with E-state index in [-0.39, 0.29) is 5.69 Å². The standard InChI is InChI=1S/C11H12N4O2S/c1-7-13-14-11(15(7)2)18-6-8-4-3-5-9(12-8)10(16)17/h3-5H,6H2,1-2H3,(H,16,17). The van der Waals surface area contributed by atoms with Crippen LogP contribution in [0.25, 0.3) is 0 Å². The zero-order valence-electron chi connectivity index (χ0n) is 9.99. The monoisotopic (exact) mass is 264 g/mol. The molecule has 0 aliphatic rings. The summed E-state index contributed by atoms with van der Waals surface area (Å²) in [6.07, 6.45) is 0. The molecular formula is C11H12N4O2S. The number of carboxylic acids is 1. The lowest BCUT2D eigenvalue weighted by Crippen LogP contribution is -2.02. The van der Waals surface area contributed by atoms with Crippen LogP contribution in [-0.4, -0.2) is 30.8 Å². The molecule has 94 valence electrons. The summed E-state index contributed by atoms with van der Waals surface area (Å²) in [6, 6.07) is 4.96. The van der Waals surface area contributed by atoms with Crippen molar-refractivity contribution in [2.75, 3.05) is 0 Å². The molecular weight excluding hydrogens is 252 g/mol. The summed E-state index contributed by atoms with van der Waals surface area (Å²) in [6.45, 7) is 1.88. The number of rotatable bonds is 4. The van der Waals surface area contributed by atoms with Crippen molar-refractivity contribution in [3.05, 3.63) is 35.4 Å². The van der Waals surface area contributed by atoms with Crippen molar-refractivity contribution in [2.24, 2.45) is 7.05 Å². The van der Waals surface area contributed by atoms with Crippen molar-refractivity contribution < 1.29 is 9.90 Å². The van der Waals surface area contributed by atoms with Gasteiger partial charge in [0.1, 0.15) is 11.5 Å². The molecule has 0 radical (unpaired) electrons. The fourth-order valence-electron chi connectivity index (χ4n) is 1.33. The largest absolute Gasteiger partial charge is 0.477 e. The van der Waals surface area contributed by atoms with Crippen molar-refractivity contribution >= 4 is 17.7 Å². The number of aromatic nitrogens is 4. The van der Waals surface area contributed by atoms with Crippen LogP contribution >= 0.6 is 11.8 Å². The lowest BCUT2D eigenvalue weighted by molar-refractivity contribution is 0.0690. The van der Waals surface area contributed by atoms with E-state index in [1.807, 2.05) is 18.5 Å². The minimum Gasteiger partial charge on any atom is -0.477 e. The van der Waals surface area contributed by atoms with E-state index in [0.29, 0.717) is 11.4 Å². The normalized spacial score (nSPS) is 10.6. The molecule has 0 aliphatic heterocycles. The minimum atomic E-state index is -1.02. The Labute approximate surface area is 108 Å². The first-order chi connectivity index (χ1) is 8.58. The van der Waals surface area contributed by atoms with Crippen LogP contribution in [0, 0.1) is 6.92 Å². The molecule has 7 heteroatoms. The zero-order valence-corrected chi connectivity index (χ0v) is 10.8. The van der Waals surface area contributed by atoms with Gasteiger partial charge < -0.3 is 9.67 Å². The van der Waals surface area contributed by atoms with Crippen LogP contribution in [0.15, 0.2) is 23.4 Å². The van der Waals surface area contributed by atoms with Gasteiger partial charge in [0, 0.05) is 12.8 Å². The van der Waals surface area contributed by atoms with E-state index < -0.39 is 5.97 Å². The molecule has 0 atom stereocenters. The number of hydrogen-bond donors (Lipinski definition) is 1. The Balaban J connectivity index is 2.08. The number of aromatic carboxylic acids is 1. The number of nitrogens with zero attached hydrogens (tertiary/aromatic N) is 4. The van der Waals surface area contributed by atoms with Crippen LogP contribution in [0.1, 0.15) is 22.0 Å². The van der Waals surface area contributed by atoms with Gasteiger partial charge in [-0.15, -0.1) is 10.2 Å². The predicted octanol–water partition coefficient (Wildman–Crippen LogP) is 1.51. The molecule has 6 nitrogen and oxygen atoms in total. The van der Waals surface area contributed by atoms with Gasteiger partial charge in [-0.05, 0) is 19.1 Å². The molecule has 0 saturated heterocycles. The van der Waals surface area contributed by atoms with Gasteiger partial charge in [0.2, 0.25) is 0 Å². The number of hydrogen-bond acceptors (Lipinski definition) is 5. The summed E-state index contributed by atoms with van der Waals surface area (Å²) in [7, 11) is 1.89. The Morgan fingerprint density at radius 1 is 1.44 bits per heavy atom. The second-order valence-corrected chi connectivity index (χ2v) is 4.64. The number of carboxylic acid groups (broad SMARTS) is 1. The van der Waals surface area contributed by atoms with Crippen LogP contribution in [-0.2, 0) is 12.8 Å². The van der Waals surface area contributed by atoms with E-state index in [0.717, 1.165) is 11.0 Å². The average Bonchev–Trinajstić information content (AvgIpc) is 2.68. The smallest absolute Gasteiger partial charge is 0.354 e. The molecule has 2 aromatic rings. The highest BCUT2D eigenvalue weighted by molar-refractivity contribution is 7.98. The highest BCUT2D eigenvalue weighted by Crippen LogP contribution is 2.19. The summed E-state index contributed by atoms with van der Waals surface area (Å²) < 4.78 is 1.88. The third kappa shape index (κ3) is 2.67. The van der Waals surface area contributed by atoms with Crippen LogP contribution < -0.4 is 0 Å². The Morgan fingerprint density at radius 3 is 2.83 bits per heavy atom. The topological polar surface area (TPSA) is 80.9 Å². The lowest BCUT2D eigenvalue weighted by atomic mass is 10.3. The van der Waals surface area contributed by atoms with Gasteiger partial charge in [0.15, 0.2) is 5.16 Å². The Kier molecular flexibility index (Phi) is 3.61. The number of carbonyl (C=O) groups is 1. The van der Waals surface area contributed by atoms with Gasteiger partial charge in [-0.25, -0.2) is 9.78 Å². The quantitative estimate of drug-likeness (QED) is 0.843. The molecule has 0 spiro atoms. The van der Waals surface area contributed by atoms with Gasteiger partial charge >= 0.3 is 5.97 Å². The summed E-state index contributed by atoms with van der Waals surface area (Å²) in [4.78, 5) is 14.8. The van der Waals surface area contributed by atoms with Crippen molar-refractivity contribution in [2.45, 2.75) is 17.8 Å². The fourth-order valence-corrected chi connectivity index (χ4v) is 2.19. The number of aryl methyl sites for hydroxylation is 1. The van der Waals surface area contributed by atoms with E-state index in [2.05, 4.69) is 15.2 Å². The SMILES string of the molecule is Cc1nnc(SCc2cccc(C(=O)O)n2)n1C. The van der Waals surface area contributed by atoms with E-state index in [9.17, 15) is 4.79 Å². The third-order valence-corrected chi connectivity index (χ3v) is 3.48. The molecule has 0 aromatic carbocycles. The van der Waals surface area contributed by atoms with E-state index in [1.54, 1.807) is 12.1 Å². The van der Waals surface area contributed by atoms with Crippen molar-refractivity contribution in [3.8, 4) is 0 Å². The van der Waals surface area contributed by atoms with Crippen LogP contribution in [0.3, 0.4) is 0 Å². The maximum Gasteiger partial charge on any atom is 0.354 e. The van der Waals surface area contributed by atoms with Gasteiger partial charge in [-0.1, -0.05) is 17.8 Å². The molecule has 2 rings (SSSR count). The molecule has 0 aliphatic carbocycles. The van der Waals surface area contributed by atoms with E-state index in [1.165, 1.54) is 17.8 Å². The highest BCUT2D eigenvalue weighted by Gasteiger charge is 2.08. The maximum absolute atomic E-state index is 10.8. The summed E-state index contributed by atoms with van der Waals surface area (Å²) in [5.41, 5.74) is 0.766. The summed E-state index contributed by atoms with van der Waals surface area (Å²) >= 11 is 1.48. The number of pyridine rings is 1.